The Morgan fingerprint density at radius 3 is 1.97 bits per heavy atom. The molecule has 5 heteroatoms. The van der Waals surface area contributed by atoms with Crippen LogP contribution in [0.1, 0.15) is 35.8 Å². The summed E-state index contributed by atoms with van der Waals surface area (Å²) in [5.41, 5.74) is 3.78. The van der Waals surface area contributed by atoms with Gasteiger partial charge in [0.05, 0.1) is 12.1 Å². The van der Waals surface area contributed by atoms with Gasteiger partial charge in [0.1, 0.15) is 0 Å². The number of benzene rings is 3. The van der Waals surface area contributed by atoms with Gasteiger partial charge in [-0.05, 0) is 39.4 Å². The molecule has 1 aromatic heterocycles. The first-order valence-corrected chi connectivity index (χ1v) is 12.8. The Morgan fingerprint density at radius 1 is 0.794 bits per heavy atom. The van der Waals surface area contributed by atoms with Crippen molar-refractivity contribution in [3.8, 4) is 0 Å². The number of hydrogen-bond donors (Lipinski definition) is 1. The van der Waals surface area contributed by atoms with E-state index in [0.717, 1.165) is 38.3 Å². The van der Waals surface area contributed by atoms with Gasteiger partial charge in [0.15, 0.2) is 0 Å². The molecule has 34 heavy (non-hydrogen) atoms. The molecule has 3 aromatic carbocycles. The predicted octanol–water partition coefficient (Wildman–Crippen LogP) is 6.40. The summed E-state index contributed by atoms with van der Waals surface area (Å²) in [6.45, 7) is 7.20. The fourth-order valence-electron chi connectivity index (χ4n) is 5.13. The molecule has 1 fully saturated rings. The topological polar surface area (TPSA) is 26.7 Å². The van der Waals surface area contributed by atoms with E-state index in [4.69, 9.17) is 0 Å². The average molecular weight is 493 g/mol. The van der Waals surface area contributed by atoms with Crippen LogP contribution in [0, 0.1) is 5.92 Å². The largest absolute Gasteiger partial charge is 0.388 e. The maximum atomic E-state index is 11.1. The Balaban J connectivity index is 0.00000274. The normalized spacial score (nSPS) is 16.9. The van der Waals surface area contributed by atoms with Crippen molar-refractivity contribution < 1.29 is 5.11 Å². The third-order valence-electron chi connectivity index (χ3n) is 6.92. The van der Waals surface area contributed by atoms with Crippen LogP contribution < -0.4 is 0 Å². The summed E-state index contributed by atoms with van der Waals surface area (Å²) in [5.74, 6) is 0.189. The summed E-state index contributed by atoms with van der Waals surface area (Å²) in [4.78, 5) is 5.13. The van der Waals surface area contributed by atoms with Gasteiger partial charge in [-0.25, -0.2) is 0 Å². The van der Waals surface area contributed by atoms with Crippen molar-refractivity contribution in [3.63, 3.8) is 0 Å². The maximum absolute atomic E-state index is 11.1. The van der Waals surface area contributed by atoms with E-state index in [1.54, 1.807) is 11.3 Å². The number of fused-ring (bicyclic) bond motifs is 1. The van der Waals surface area contributed by atoms with Crippen LogP contribution >= 0.6 is 23.7 Å². The van der Waals surface area contributed by atoms with Gasteiger partial charge in [0.2, 0.25) is 0 Å². The lowest BCUT2D eigenvalue weighted by molar-refractivity contribution is 0.0580. The second-order valence-electron chi connectivity index (χ2n) is 9.17. The number of hydrogen-bond acceptors (Lipinski definition) is 4. The zero-order valence-electron chi connectivity index (χ0n) is 19.6. The van der Waals surface area contributed by atoms with Crippen LogP contribution in [-0.4, -0.2) is 47.6 Å². The Labute approximate surface area is 213 Å². The molecule has 1 aliphatic heterocycles. The first-order valence-electron chi connectivity index (χ1n) is 11.9. The molecule has 3 nitrogen and oxygen atoms in total. The average Bonchev–Trinajstić information content (AvgIpc) is 3.30. The third kappa shape index (κ3) is 5.37. The maximum Gasteiger partial charge on any atom is 0.0841 e. The molecule has 1 N–H and O–H groups in total. The monoisotopic (exact) mass is 492 g/mol. The van der Waals surface area contributed by atoms with Crippen LogP contribution in [0.25, 0.3) is 10.1 Å². The summed E-state index contributed by atoms with van der Waals surface area (Å²) in [6.07, 6.45) is -0.430. The van der Waals surface area contributed by atoms with Gasteiger partial charge in [-0.3, -0.25) is 4.90 Å². The molecule has 0 spiro atoms. The van der Waals surface area contributed by atoms with Crippen molar-refractivity contribution in [2.75, 3.05) is 32.7 Å². The highest BCUT2D eigenvalue weighted by atomic mass is 35.5. The molecule has 2 heterocycles. The fraction of sp³-hybridized carbons (Fsp3) is 0.310. The van der Waals surface area contributed by atoms with Crippen LogP contribution in [0.5, 0.6) is 0 Å². The van der Waals surface area contributed by atoms with Gasteiger partial charge in [0, 0.05) is 37.4 Å². The molecule has 1 saturated heterocycles. The zero-order valence-corrected chi connectivity index (χ0v) is 21.2. The standard InChI is InChI=1S/C29H32N2OS.ClH/c1-22(29(32)26-21-33-27-15-9-8-14-25(26)27)20-30-16-18-31(19-17-30)28(23-10-4-2-5-11-23)24-12-6-3-7-13-24;/h2-15,21-22,28-29,32H,16-20H2,1H3;1H. The van der Waals surface area contributed by atoms with Crippen LogP contribution in [0.3, 0.4) is 0 Å². The molecule has 0 saturated carbocycles. The summed E-state index contributed by atoms with van der Waals surface area (Å²) in [6, 6.07) is 30.4. The number of thiophene rings is 1. The summed E-state index contributed by atoms with van der Waals surface area (Å²) in [7, 11) is 0. The Bertz CT molecular complexity index is 1120. The van der Waals surface area contributed by atoms with Crippen molar-refractivity contribution in [2.45, 2.75) is 19.1 Å². The van der Waals surface area contributed by atoms with Gasteiger partial charge < -0.3 is 10.0 Å². The van der Waals surface area contributed by atoms with E-state index in [2.05, 4.69) is 107 Å². The zero-order chi connectivity index (χ0) is 22.6. The quantitative estimate of drug-likeness (QED) is 0.323. The minimum Gasteiger partial charge on any atom is -0.388 e. The van der Waals surface area contributed by atoms with Gasteiger partial charge in [-0.2, -0.15) is 0 Å². The molecule has 0 bridgehead atoms. The van der Waals surface area contributed by atoms with Crippen molar-refractivity contribution in [1.82, 2.24) is 9.80 Å². The highest BCUT2D eigenvalue weighted by molar-refractivity contribution is 7.17. The van der Waals surface area contributed by atoms with Gasteiger partial charge in [-0.15, -0.1) is 23.7 Å². The van der Waals surface area contributed by atoms with Gasteiger partial charge >= 0.3 is 0 Å². The van der Waals surface area contributed by atoms with Crippen molar-refractivity contribution in [2.24, 2.45) is 5.92 Å². The molecule has 2 unspecified atom stereocenters. The number of aliphatic hydroxyl groups is 1. The van der Waals surface area contributed by atoms with E-state index in [9.17, 15) is 5.11 Å². The summed E-state index contributed by atoms with van der Waals surface area (Å²) < 4.78 is 1.25. The molecular formula is C29H33ClN2OS. The number of nitrogens with zero attached hydrogens (tertiary/aromatic N) is 2. The molecular weight excluding hydrogens is 460 g/mol. The number of halogens is 1. The molecule has 0 aliphatic carbocycles. The molecule has 178 valence electrons. The van der Waals surface area contributed by atoms with Crippen molar-refractivity contribution in [3.05, 3.63) is 107 Å². The lowest BCUT2D eigenvalue weighted by atomic mass is 9.95. The van der Waals surface area contributed by atoms with E-state index in [-0.39, 0.29) is 24.4 Å². The van der Waals surface area contributed by atoms with Gasteiger partial charge in [0.25, 0.3) is 0 Å². The molecule has 4 aromatic rings. The number of aliphatic hydroxyl groups excluding tert-OH is 1. The molecule has 2 atom stereocenters. The Kier molecular flexibility index (Phi) is 8.41. The van der Waals surface area contributed by atoms with E-state index in [0.29, 0.717) is 0 Å². The molecule has 0 radical (unpaired) electrons. The first kappa shape index (κ1) is 24.9. The predicted molar refractivity (Wildman–Crippen MR) is 146 cm³/mol. The molecule has 5 rings (SSSR count). The van der Waals surface area contributed by atoms with Crippen molar-refractivity contribution >= 4 is 33.8 Å². The van der Waals surface area contributed by atoms with Crippen LogP contribution in [0.15, 0.2) is 90.3 Å². The minimum atomic E-state index is -0.430. The second kappa shape index (κ2) is 11.5. The fourth-order valence-corrected chi connectivity index (χ4v) is 6.12. The lowest BCUT2D eigenvalue weighted by Crippen LogP contribution is -2.49. The minimum absolute atomic E-state index is 0. The lowest BCUT2D eigenvalue weighted by Gasteiger charge is -2.41. The SMILES string of the molecule is CC(CN1CCN(C(c2ccccc2)c2ccccc2)CC1)C(O)c1csc2ccccc12.Cl. The number of piperazine rings is 1. The second-order valence-corrected chi connectivity index (χ2v) is 10.1. The summed E-state index contributed by atoms with van der Waals surface area (Å²) >= 11 is 1.72. The summed E-state index contributed by atoms with van der Waals surface area (Å²) in [5, 5.41) is 14.4. The Morgan fingerprint density at radius 2 is 1.35 bits per heavy atom. The van der Waals surface area contributed by atoms with E-state index in [1.807, 2.05) is 0 Å². The van der Waals surface area contributed by atoms with E-state index < -0.39 is 6.10 Å². The van der Waals surface area contributed by atoms with Crippen LogP contribution in [-0.2, 0) is 0 Å². The Hall–Kier alpha value is -2.21. The smallest absolute Gasteiger partial charge is 0.0841 e. The highest BCUT2D eigenvalue weighted by Crippen LogP contribution is 2.34. The first-order chi connectivity index (χ1) is 16.2. The highest BCUT2D eigenvalue weighted by Gasteiger charge is 2.28. The van der Waals surface area contributed by atoms with Crippen LogP contribution in [0.2, 0.25) is 0 Å². The molecule has 1 aliphatic rings. The number of rotatable bonds is 7. The van der Waals surface area contributed by atoms with E-state index >= 15 is 0 Å². The molecule has 0 amide bonds. The van der Waals surface area contributed by atoms with Gasteiger partial charge in [-0.1, -0.05) is 85.8 Å². The van der Waals surface area contributed by atoms with E-state index in [1.165, 1.54) is 21.2 Å². The van der Waals surface area contributed by atoms with Crippen LogP contribution in [0.4, 0.5) is 0 Å². The van der Waals surface area contributed by atoms with Crippen molar-refractivity contribution in [1.29, 1.82) is 0 Å². The third-order valence-corrected chi connectivity index (χ3v) is 7.90.